The Kier molecular flexibility index (Phi) is 5.35. The number of nitrogens with one attached hydrogen (secondary N) is 1. The van der Waals surface area contributed by atoms with Gasteiger partial charge in [-0.1, -0.05) is 20.8 Å². The summed E-state index contributed by atoms with van der Waals surface area (Å²) in [7, 11) is 0. The SMILES string of the molecule is CC(Cc1ccsc1)NC(=O)CC(N)C(C)(C)C. The van der Waals surface area contributed by atoms with Crippen molar-refractivity contribution in [3.05, 3.63) is 22.4 Å². The van der Waals surface area contributed by atoms with Crippen molar-refractivity contribution < 1.29 is 4.79 Å². The molecule has 0 aliphatic carbocycles. The van der Waals surface area contributed by atoms with Crippen LogP contribution in [0.3, 0.4) is 0 Å². The predicted octanol–water partition coefficient (Wildman–Crippen LogP) is 2.56. The van der Waals surface area contributed by atoms with E-state index in [0.29, 0.717) is 6.42 Å². The van der Waals surface area contributed by atoms with Gasteiger partial charge in [0.05, 0.1) is 0 Å². The Morgan fingerprint density at radius 3 is 2.67 bits per heavy atom. The summed E-state index contributed by atoms with van der Waals surface area (Å²) in [5.41, 5.74) is 7.24. The van der Waals surface area contributed by atoms with Crippen molar-refractivity contribution in [2.45, 2.75) is 52.6 Å². The summed E-state index contributed by atoms with van der Waals surface area (Å²) in [6, 6.07) is 2.14. The molecule has 4 heteroatoms. The van der Waals surface area contributed by atoms with Crippen LogP contribution in [0.4, 0.5) is 0 Å². The molecule has 0 fully saturated rings. The summed E-state index contributed by atoms with van der Waals surface area (Å²) < 4.78 is 0. The number of nitrogens with two attached hydrogens (primary N) is 1. The van der Waals surface area contributed by atoms with Gasteiger partial charge in [-0.05, 0) is 41.1 Å². The number of thiophene rings is 1. The quantitative estimate of drug-likeness (QED) is 0.862. The Labute approximate surface area is 114 Å². The highest BCUT2D eigenvalue weighted by Crippen LogP contribution is 2.19. The third-order valence-corrected chi connectivity index (χ3v) is 3.78. The molecule has 0 radical (unpaired) electrons. The molecular weight excluding hydrogens is 244 g/mol. The van der Waals surface area contributed by atoms with Gasteiger partial charge in [0.2, 0.25) is 5.91 Å². The maximum Gasteiger partial charge on any atom is 0.221 e. The van der Waals surface area contributed by atoms with E-state index < -0.39 is 0 Å². The van der Waals surface area contributed by atoms with Gasteiger partial charge < -0.3 is 11.1 Å². The number of amides is 1. The van der Waals surface area contributed by atoms with Crippen molar-refractivity contribution in [3.63, 3.8) is 0 Å². The normalized spacial score (nSPS) is 15.2. The molecule has 0 saturated carbocycles. The largest absolute Gasteiger partial charge is 0.353 e. The minimum absolute atomic E-state index is 0.0338. The molecule has 3 nitrogen and oxygen atoms in total. The van der Waals surface area contributed by atoms with Crippen LogP contribution in [0.2, 0.25) is 0 Å². The molecule has 0 bridgehead atoms. The zero-order valence-corrected chi connectivity index (χ0v) is 12.5. The maximum absolute atomic E-state index is 11.9. The van der Waals surface area contributed by atoms with E-state index in [4.69, 9.17) is 5.73 Å². The van der Waals surface area contributed by atoms with E-state index in [1.165, 1.54) is 5.56 Å². The Balaban J connectivity index is 2.36. The third kappa shape index (κ3) is 5.19. The fourth-order valence-electron chi connectivity index (χ4n) is 1.65. The van der Waals surface area contributed by atoms with E-state index in [9.17, 15) is 4.79 Å². The van der Waals surface area contributed by atoms with Crippen LogP contribution in [-0.2, 0) is 11.2 Å². The lowest BCUT2D eigenvalue weighted by Gasteiger charge is -2.27. The van der Waals surface area contributed by atoms with Crippen LogP contribution in [0, 0.1) is 5.41 Å². The maximum atomic E-state index is 11.9. The molecule has 0 spiro atoms. The van der Waals surface area contributed by atoms with Gasteiger partial charge in [0.15, 0.2) is 0 Å². The van der Waals surface area contributed by atoms with Crippen molar-refractivity contribution in [3.8, 4) is 0 Å². The molecule has 0 aliphatic heterocycles. The van der Waals surface area contributed by atoms with Crippen LogP contribution in [0.1, 0.15) is 39.7 Å². The Hall–Kier alpha value is -0.870. The van der Waals surface area contributed by atoms with E-state index in [1.54, 1.807) is 11.3 Å². The summed E-state index contributed by atoms with van der Waals surface area (Å²) >= 11 is 1.68. The average molecular weight is 268 g/mol. The van der Waals surface area contributed by atoms with Gasteiger partial charge >= 0.3 is 0 Å². The van der Waals surface area contributed by atoms with Crippen LogP contribution in [-0.4, -0.2) is 18.0 Å². The molecule has 0 aliphatic rings. The highest BCUT2D eigenvalue weighted by Gasteiger charge is 2.23. The van der Waals surface area contributed by atoms with Crippen LogP contribution in [0.25, 0.3) is 0 Å². The molecule has 1 aromatic rings. The van der Waals surface area contributed by atoms with Gasteiger partial charge in [0.1, 0.15) is 0 Å². The molecule has 1 aromatic heterocycles. The fraction of sp³-hybridized carbons (Fsp3) is 0.643. The van der Waals surface area contributed by atoms with Gasteiger partial charge in [-0.2, -0.15) is 11.3 Å². The molecule has 0 saturated heterocycles. The summed E-state index contributed by atoms with van der Waals surface area (Å²) in [6.45, 7) is 8.19. The lowest BCUT2D eigenvalue weighted by atomic mass is 9.85. The zero-order valence-electron chi connectivity index (χ0n) is 11.7. The van der Waals surface area contributed by atoms with Crippen molar-refractivity contribution in [1.29, 1.82) is 0 Å². The lowest BCUT2D eigenvalue weighted by Crippen LogP contribution is -2.42. The summed E-state index contributed by atoms with van der Waals surface area (Å²) in [6.07, 6.45) is 1.26. The highest BCUT2D eigenvalue weighted by atomic mass is 32.1. The van der Waals surface area contributed by atoms with Crippen molar-refractivity contribution >= 4 is 17.2 Å². The minimum atomic E-state index is -0.106. The molecule has 1 rings (SSSR count). The van der Waals surface area contributed by atoms with Gasteiger partial charge in [0, 0.05) is 18.5 Å². The first kappa shape index (κ1) is 15.2. The zero-order chi connectivity index (χ0) is 13.8. The second-order valence-electron chi connectivity index (χ2n) is 5.98. The second-order valence-corrected chi connectivity index (χ2v) is 6.76. The Morgan fingerprint density at radius 2 is 2.17 bits per heavy atom. The number of hydrogen-bond donors (Lipinski definition) is 2. The minimum Gasteiger partial charge on any atom is -0.353 e. The van der Waals surface area contributed by atoms with Crippen LogP contribution < -0.4 is 11.1 Å². The smallest absolute Gasteiger partial charge is 0.221 e. The summed E-state index contributed by atoms with van der Waals surface area (Å²) in [4.78, 5) is 11.9. The topological polar surface area (TPSA) is 55.1 Å². The molecule has 0 aromatic carbocycles. The van der Waals surface area contributed by atoms with Crippen molar-refractivity contribution in [1.82, 2.24) is 5.32 Å². The summed E-state index contributed by atoms with van der Waals surface area (Å²) in [5, 5.41) is 7.18. The standard InChI is InChI=1S/C14H24N2OS/c1-10(7-11-5-6-18-9-11)16-13(17)8-12(15)14(2,3)4/h5-6,9-10,12H,7-8,15H2,1-4H3,(H,16,17). The van der Waals surface area contributed by atoms with E-state index in [0.717, 1.165) is 6.42 Å². The van der Waals surface area contributed by atoms with Crippen molar-refractivity contribution in [2.75, 3.05) is 0 Å². The lowest BCUT2D eigenvalue weighted by molar-refractivity contribution is -0.122. The van der Waals surface area contributed by atoms with E-state index >= 15 is 0 Å². The third-order valence-electron chi connectivity index (χ3n) is 3.05. The molecular formula is C14H24N2OS. The number of carbonyl (C=O) groups excluding carboxylic acids is 1. The molecule has 3 N–H and O–H groups in total. The first-order valence-electron chi connectivity index (χ1n) is 6.35. The Morgan fingerprint density at radius 1 is 1.50 bits per heavy atom. The van der Waals surface area contributed by atoms with Crippen molar-refractivity contribution in [2.24, 2.45) is 11.1 Å². The molecule has 18 heavy (non-hydrogen) atoms. The average Bonchev–Trinajstić information content (AvgIpc) is 2.67. The molecule has 2 atom stereocenters. The first-order valence-corrected chi connectivity index (χ1v) is 7.29. The van der Waals surface area contributed by atoms with Gasteiger partial charge in [-0.15, -0.1) is 0 Å². The summed E-state index contributed by atoms with van der Waals surface area (Å²) in [5.74, 6) is 0.0418. The van der Waals surface area contributed by atoms with Gasteiger partial charge in [-0.25, -0.2) is 0 Å². The first-order chi connectivity index (χ1) is 8.29. The predicted molar refractivity (Wildman–Crippen MR) is 77.7 cm³/mol. The molecule has 1 amide bonds. The monoisotopic (exact) mass is 268 g/mol. The van der Waals surface area contributed by atoms with Crippen LogP contribution in [0.15, 0.2) is 16.8 Å². The van der Waals surface area contributed by atoms with E-state index in [2.05, 4.69) is 42.9 Å². The van der Waals surface area contributed by atoms with Crippen LogP contribution in [0.5, 0.6) is 0 Å². The number of rotatable bonds is 5. The molecule has 1 heterocycles. The van der Waals surface area contributed by atoms with Gasteiger partial charge in [0.25, 0.3) is 0 Å². The Bertz CT molecular complexity index is 368. The molecule has 102 valence electrons. The van der Waals surface area contributed by atoms with Crippen LogP contribution >= 0.6 is 11.3 Å². The number of carbonyl (C=O) groups is 1. The van der Waals surface area contributed by atoms with E-state index in [-0.39, 0.29) is 23.4 Å². The molecule has 2 unspecified atom stereocenters. The van der Waals surface area contributed by atoms with Gasteiger partial charge in [-0.3, -0.25) is 4.79 Å². The number of hydrogen-bond acceptors (Lipinski definition) is 3. The second kappa shape index (κ2) is 6.34. The highest BCUT2D eigenvalue weighted by molar-refractivity contribution is 7.07. The fourth-order valence-corrected chi connectivity index (χ4v) is 2.33. The van der Waals surface area contributed by atoms with E-state index in [1.807, 2.05) is 6.92 Å².